The van der Waals surface area contributed by atoms with Gasteiger partial charge in [-0.15, -0.1) is 0 Å². The molecule has 0 aliphatic heterocycles. The Balaban J connectivity index is 3.54. The normalized spacial score (nSPS) is 11.4. The van der Waals surface area contributed by atoms with Gasteiger partial charge in [-0.2, -0.15) is 0 Å². The van der Waals surface area contributed by atoms with Gasteiger partial charge in [-0.3, -0.25) is 0 Å². The molecule has 0 aliphatic carbocycles. The van der Waals surface area contributed by atoms with E-state index in [1.165, 1.54) is 0 Å². The summed E-state index contributed by atoms with van der Waals surface area (Å²) >= 11 is 0. The molecule has 0 radical (unpaired) electrons. The minimum absolute atomic E-state index is 0.381. The fraction of sp³-hybridized carbons (Fsp3) is 0.538. The van der Waals surface area contributed by atoms with Crippen molar-refractivity contribution >= 4 is 0 Å². The molecule has 0 aromatic heterocycles. The van der Waals surface area contributed by atoms with E-state index in [-0.39, 0.29) is 5.54 Å². The summed E-state index contributed by atoms with van der Waals surface area (Å²) in [4.78, 5) is 0. The number of aryl methyl sites for hydroxylation is 1. The van der Waals surface area contributed by atoms with Gasteiger partial charge in [0.05, 0.1) is 14.2 Å². The lowest BCUT2D eigenvalue weighted by Gasteiger charge is -2.26. The third-order valence-electron chi connectivity index (χ3n) is 2.75. The van der Waals surface area contributed by atoms with Crippen LogP contribution in [0.1, 0.15) is 30.5 Å². The molecule has 0 heterocycles. The van der Waals surface area contributed by atoms with Gasteiger partial charge in [0.15, 0.2) is 11.5 Å². The molecule has 0 atom stereocenters. The lowest BCUT2D eigenvalue weighted by molar-refractivity contribution is 0.350. The second-order valence-corrected chi connectivity index (χ2v) is 4.65. The van der Waals surface area contributed by atoms with Gasteiger partial charge in [-0.1, -0.05) is 0 Å². The highest BCUT2D eigenvalue weighted by Gasteiger charge is 2.23. The minimum Gasteiger partial charge on any atom is -0.493 e. The molecule has 3 nitrogen and oxygen atoms in total. The van der Waals surface area contributed by atoms with E-state index >= 15 is 0 Å². The predicted octanol–water partition coefficient (Wildman–Crippen LogP) is 2.51. The second-order valence-electron chi connectivity index (χ2n) is 4.65. The van der Waals surface area contributed by atoms with Crippen LogP contribution in [0.25, 0.3) is 0 Å². The molecular formula is C13H21NO2. The molecule has 0 fully saturated rings. The highest BCUT2D eigenvalue weighted by atomic mass is 16.5. The van der Waals surface area contributed by atoms with Crippen molar-refractivity contribution in [1.82, 2.24) is 0 Å². The van der Waals surface area contributed by atoms with Crippen LogP contribution in [0, 0.1) is 13.8 Å². The van der Waals surface area contributed by atoms with E-state index < -0.39 is 0 Å². The topological polar surface area (TPSA) is 44.5 Å². The molecule has 0 spiro atoms. The van der Waals surface area contributed by atoms with Gasteiger partial charge in [0.25, 0.3) is 0 Å². The summed E-state index contributed by atoms with van der Waals surface area (Å²) < 4.78 is 10.7. The number of methoxy groups -OCH3 is 2. The van der Waals surface area contributed by atoms with E-state index in [0.29, 0.717) is 0 Å². The standard InChI is InChI=1S/C13H21NO2/c1-8-7-10(15-5)12(16-6)9(2)11(8)13(3,4)14/h7H,14H2,1-6H3. The Labute approximate surface area is 97.6 Å². The van der Waals surface area contributed by atoms with Crippen molar-refractivity contribution < 1.29 is 9.47 Å². The highest BCUT2D eigenvalue weighted by molar-refractivity contribution is 5.55. The zero-order chi connectivity index (χ0) is 12.5. The zero-order valence-electron chi connectivity index (χ0n) is 11.0. The van der Waals surface area contributed by atoms with Gasteiger partial charge in [0, 0.05) is 11.1 Å². The van der Waals surface area contributed by atoms with Gasteiger partial charge in [0.2, 0.25) is 0 Å². The first-order valence-electron chi connectivity index (χ1n) is 5.34. The zero-order valence-corrected chi connectivity index (χ0v) is 11.0. The monoisotopic (exact) mass is 223 g/mol. The van der Waals surface area contributed by atoms with Crippen molar-refractivity contribution in [3.05, 3.63) is 22.8 Å². The molecule has 16 heavy (non-hydrogen) atoms. The summed E-state index contributed by atoms with van der Waals surface area (Å²) in [7, 11) is 3.29. The molecule has 0 aliphatic rings. The van der Waals surface area contributed by atoms with Crippen LogP contribution in [0.15, 0.2) is 6.07 Å². The average Bonchev–Trinajstić information content (AvgIpc) is 2.14. The van der Waals surface area contributed by atoms with Crippen LogP contribution in [-0.2, 0) is 5.54 Å². The average molecular weight is 223 g/mol. The van der Waals surface area contributed by atoms with Crippen molar-refractivity contribution in [2.24, 2.45) is 5.73 Å². The quantitative estimate of drug-likeness (QED) is 0.856. The Morgan fingerprint density at radius 1 is 1.12 bits per heavy atom. The molecule has 2 N–H and O–H groups in total. The summed E-state index contributed by atoms with van der Waals surface area (Å²) in [6.45, 7) is 8.04. The summed E-state index contributed by atoms with van der Waals surface area (Å²) in [6, 6.07) is 1.97. The summed E-state index contributed by atoms with van der Waals surface area (Å²) in [5, 5.41) is 0. The first kappa shape index (κ1) is 12.8. The number of hydrogen-bond acceptors (Lipinski definition) is 3. The first-order valence-corrected chi connectivity index (χ1v) is 5.34. The van der Waals surface area contributed by atoms with E-state index in [1.54, 1.807) is 14.2 Å². The lowest BCUT2D eigenvalue weighted by atomic mass is 9.87. The fourth-order valence-electron chi connectivity index (χ4n) is 2.33. The molecule has 0 unspecified atom stereocenters. The Morgan fingerprint density at radius 3 is 2.06 bits per heavy atom. The van der Waals surface area contributed by atoms with Crippen LogP contribution in [-0.4, -0.2) is 14.2 Å². The van der Waals surface area contributed by atoms with Gasteiger partial charge >= 0.3 is 0 Å². The Bertz CT molecular complexity index is 392. The number of benzene rings is 1. The van der Waals surface area contributed by atoms with Gasteiger partial charge < -0.3 is 15.2 Å². The molecule has 1 rings (SSSR count). The maximum atomic E-state index is 6.18. The van der Waals surface area contributed by atoms with E-state index in [0.717, 1.165) is 28.2 Å². The molecule has 1 aromatic carbocycles. The van der Waals surface area contributed by atoms with Crippen LogP contribution in [0.2, 0.25) is 0 Å². The summed E-state index contributed by atoms with van der Waals surface area (Å²) in [5.41, 5.74) is 9.09. The Kier molecular flexibility index (Phi) is 3.48. The largest absolute Gasteiger partial charge is 0.493 e. The number of ether oxygens (including phenoxy) is 2. The number of rotatable bonds is 3. The molecule has 0 saturated heterocycles. The highest BCUT2D eigenvalue weighted by Crippen LogP contribution is 2.38. The van der Waals surface area contributed by atoms with E-state index in [9.17, 15) is 0 Å². The second kappa shape index (κ2) is 4.34. The summed E-state index contributed by atoms with van der Waals surface area (Å²) in [5.74, 6) is 1.52. The molecule has 90 valence electrons. The number of nitrogens with two attached hydrogens (primary N) is 1. The smallest absolute Gasteiger partial charge is 0.163 e. The van der Waals surface area contributed by atoms with Crippen molar-refractivity contribution in [2.75, 3.05) is 14.2 Å². The fourth-order valence-corrected chi connectivity index (χ4v) is 2.33. The van der Waals surface area contributed by atoms with Crippen molar-refractivity contribution in [3.8, 4) is 11.5 Å². The Morgan fingerprint density at radius 2 is 1.69 bits per heavy atom. The van der Waals surface area contributed by atoms with Crippen molar-refractivity contribution in [1.29, 1.82) is 0 Å². The SMILES string of the molecule is COc1cc(C)c(C(C)(C)N)c(C)c1OC. The predicted molar refractivity (Wildman–Crippen MR) is 66.2 cm³/mol. The van der Waals surface area contributed by atoms with Gasteiger partial charge in [0.1, 0.15) is 0 Å². The number of hydrogen-bond donors (Lipinski definition) is 1. The van der Waals surface area contributed by atoms with Crippen LogP contribution in [0.3, 0.4) is 0 Å². The maximum Gasteiger partial charge on any atom is 0.163 e. The maximum absolute atomic E-state index is 6.18. The van der Waals surface area contributed by atoms with Crippen LogP contribution >= 0.6 is 0 Å². The summed E-state index contributed by atoms with van der Waals surface area (Å²) in [6.07, 6.45) is 0. The molecule has 0 amide bonds. The van der Waals surface area contributed by atoms with Gasteiger partial charge in [-0.25, -0.2) is 0 Å². The molecule has 0 saturated carbocycles. The molecule has 1 aromatic rings. The Hall–Kier alpha value is -1.22. The molecule has 3 heteroatoms. The van der Waals surface area contributed by atoms with E-state index in [2.05, 4.69) is 0 Å². The minimum atomic E-state index is -0.381. The van der Waals surface area contributed by atoms with Crippen molar-refractivity contribution in [2.45, 2.75) is 33.2 Å². The first-order chi connectivity index (χ1) is 7.32. The lowest BCUT2D eigenvalue weighted by Crippen LogP contribution is -2.30. The molecular weight excluding hydrogens is 202 g/mol. The van der Waals surface area contributed by atoms with Crippen molar-refractivity contribution in [3.63, 3.8) is 0 Å². The third-order valence-corrected chi connectivity index (χ3v) is 2.75. The third kappa shape index (κ3) is 2.14. The van der Waals surface area contributed by atoms with Gasteiger partial charge in [-0.05, 0) is 44.9 Å². The molecule has 0 bridgehead atoms. The van der Waals surface area contributed by atoms with E-state index in [1.807, 2.05) is 33.8 Å². The van der Waals surface area contributed by atoms with Crippen LogP contribution < -0.4 is 15.2 Å². The van der Waals surface area contributed by atoms with Crippen LogP contribution in [0.4, 0.5) is 0 Å². The van der Waals surface area contributed by atoms with E-state index in [4.69, 9.17) is 15.2 Å². The van der Waals surface area contributed by atoms with Crippen LogP contribution in [0.5, 0.6) is 11.5 Å².